The molecule has 0 bridgehead atoms. The first-order valence-electron chi connectivity index (χ1n) is 5.31. The normalized spacial score (nSPS) is 23.3. The molecule has 0 aromatic heterocycles. The van der Waals surface area contributed by atoms with Crippen LogP contribution in [0, 0.1) is 11.7 Å². The predicted molar refractivity (Wildman–Crippen MR) is 53.3 cm³/mol. The first-order chi connectivity index (χ1) is 7.28. The van der Waals surface area contributed by atoms with Gasteiger partial charge in [0.05, 0.1) is 13.2 Å². The largest absolute Gasteiger partial charge is 0.482 e. The van der Waals surface area contributed by atoms with Crippen molar-refractivity contribution in [3.63, 3.8) is 0 Å². The summed E-state index contributed by atoms with van der Waals surface area (Å²) >= 11 is 0. The molecular weight excluding hydrogens is 195 g/mol. The molecule has 1 aromatic carbocycles. The van der Waals surface area contributed by atoms with Crippen molar-refractivity contribution in [2.45, 2.75) is 18.4 Å². The summed E-state index contributed by atoms with van der Waals surface area (Å²) in [5.41, 5.74) is -0.113. The van der Waals surface area contributed by atoms with Gasteiger partial charge in [0.15, 0.2) is 5.60 Å². The van der Waals surface area contributed by atoms with Crippen LogP contribution < -0.4 is 4.74 Å². The molecule has 0 N–H and O–H groups in total. The molecule has 1 saturated carbocycles. The number of benzene rings is 1. The van der Waals surface area contributed by atoms with Crippen molar-refractivity contribution in [2.24, 2.45) is 5.92 Å². The third-order valence-electron chi connectivity index (χ3n) is 3.15. The summed E-state index contributed by atoms with van der Waals surface area (Å²) in [5.74, 6) is 1.15. The van der Waals surface area contributed by atoms with Gasteiger partial charge in [-0.1, -0.05) is 0 Å². The minimum Gasteiger partial charge on any atom is -0.482 e. The summed E-state index contributed by atoms with van der Waals surface area (Å²) < 4.78 is 23.9. The van der Waals surface area contributed by atoms with Gasteiger partial charge in [0, 0.05) is 5.92 Å². The summed E-state index contributed by atoms with van der Waals surface area (Å²) in [6.45, 7) is 1.35. The topological polar surface area (TPSA) is 18.5 Å². The number of hydrogen-bond donors (Lipinski definition) is 0. The molecule has 1 aliphatic heterocycles. The van der Waals surface area contributed by atoms with Crippen molar-refractivity contribution in [3.8, 4) is 5.75 Å². The molecule has 1 aliphatic carbocycles. The van der Waals surface area contributed by atoms with Crippen LogP contribution in [0.3, 0.4) is 0 Å². The highest BCUT2D eigenvalue weighted by Crippen LogP contribution is 2.46. The number of halogens is 1. The molecule has 1 aromatic rings. The number of ether oxygens (including phenoxy) is 2. The van der Waals surface area contributed by atoms with Crippen molar-refractivity contribution in [3.05, 3.63) is 30.1 Å². The van der Waals surface area contributed by atoms with E-state index in [-0.39, 0.29) is 11.4 Å². The Bertz CT molecular complexity index is 352. The van der Waals surface area contributed by atoms with E-state index in [1.54, 1.807) is 12.1 Å². The van der Waals surface area contributed by atoms with Crippen molar-refractivity contribution >= 4 is 0 Å². The van der Waals surface area contributed by atoms with Crippen LogP contribution >= 0.6 is 0 Å². The Morgan fingerprint density at radius 2 is 1.87 bits per heavy atom. The van der Waals surface area contributed by atoms with E-state index < -0.39 is 0 Å². The zero-order chi connectivity index (χ0) is 10.3. The molecule has 3 heteroatoms. The van der Waals surface area contributed by atoms with Crippen LogP contribution in [0.25, 0.3) is 0 Å². The molecule has 2 aliphatic rings. The molecule has 0 atom stereocenters. The van der Waals surface area contributed by atoms with E-state index in [1.165, 1.54) is 25.0 Å². The summed E-state index contributed by atoms with van der Waals surface area (Å²) in [6.07, 6.45) is 2.45. The van der Waals surface area contributed by atoms with Crippen molar-refractivity contribution in [2.75, 3.05) is 13.2 Å². The maximum atomic E-state index is 12.7. The zero-order valence-corrected chi connectivity index (χ0v) is 8.41. The van der Waals surface area contributed by atoms with Crippen LogP contribution in [0.5, 0.6) is 5.75 Å². The number of hydrogen-bond acceptors (Lipinski definition) is 2. The molecule has 3 rings (SSSR count). The Morgan fingerprint density at radius 3 is 2.33 bits per heavy atom. The second-order valence-corrected chi connectivity index (χ2v) is 4.39. The van der Waals surface area contributed by atoms with Gasteiger partial charge in [0.25, 0.3) is 0 Å². The lowest BCUT2D eigenvalue weighted by atomic mass is 9.95. The van der Waals surface area contributed by atoms with E-state index in [0.29, 0.717) is 19.1 Å². The second-order valence-electron chi connectivity index (χ2n) is 4.39. The Labute approximate surface area is 88.0 Å². The van der Waals surface area contributed by atoms with E-state index in [4.69, 9.17) is 9.47 Å². The lowest BCUT2D eigenvalue weighted by Crippen LogP contribution is -2.56. The Balaban J connectivity index is 1.75. The Kier molecular flexibility index (Phi) is 1.96. The summed E-state index contributed by atoms with van der Waals surface area (Å²) in [6, 6.07) is 6.21. The van der Waals surface area contributed by atoms with Gasteiger partial charge >= 0.3 is 0 Å². The molecule has 2 fully saturated rings. The fourth-order valence-corrected chi connectivity index (χ4v) is 2.03. The third kappa shape index (κ3) is 1.61. The van der Waals surface area contributed by atoms with E-state index in [2.05, 4.69) is 0 Å². The van der Waals surface area contributed by atoms with Crippen LogP contribution in [-0.2, 0) is 4.74 Å². The van der Waals surface area contributed by atoms with Gasteiger partial charge < -0.3 is 9.47 Å². The van der Waals surface area contributed by atoms with E-state index in [9.17, 15) is 4.39 Å². The van der Waals surface area contributed by atoms with Crippen molar-refractivity contribution < 1.29 is 13.9 Å². The highest BCUT2D eigenvalue weighted by molar-refractivity contribution is 5.24. The molecule has 15 heavy (non-hydrogen) atoms. The van der Waals surface area contributed by atoms with Gasteiger partial charge in [0.2, 0.25) is 0 Å². The maximum absolute atomic E-state index is 12.7. The Morgan fingerprint density at radius 1 is 1.20 bits per heavy atom. The zero-order valence-electron chi connectivity index (χ0n) is 8.41. The summed E-state index contributed by atoms with van der Waals surface area (Å²) in [5, 5.41) is 0. The average molecular weight is 208 g/mol. The molecule has 80 valence electrons. The quantitative estimate of drug-likeness (QED) is 0.759. The highest BCUT2D eigenvalue weighted by atomic mass is 19.1. The van der Waals surface area contributed by atoms with Crippen LogP contribution in [0.4, 0.5) is 4.39 Å². The summed E-state index contributed by atoms with van der Waals surface area (Å²) in [4.78, 5) is 0. The number of rotatable bonds is 3. The molecule has 0 radical (unpaired) electrons. The van der Waals surface area contributed by atoms with E-state index in [0.717, 1.165) is 5.75 Å². The fourth-order valence-electron chi connectivity index (χ4n) is 2.03. The minimum atomic E-state index is -0.229. The smallest absolute Gasteiger partial charge is 0.158 e. The standard InChI is InChI=1S/C12H13FO2/c13-10-3-5-11(6-4-10)15-12(7-14-8-12)9-1-2-9/h3-6,9H,1-2,7-8H2. The SMILES string of the molecule is Fc1ccc(OC2(C3CC3)COC2)cc1. The minimum absolute atomic E-state index is 0.113. The van der Waals surface area contributed by atoms with Crippen LogP contribution in [0.1, 0.15) is 12.8 Å². The lowest BCUT2D eigenvalue weighted by Gasteiger charge is -2.41. The van der Waals surface area contributed by atoms with Crippen molar-refractivity contribution in [1.82, 2.24) is 0 Å². The van der Waals surface area contributed by atoms with Gasteiger partial charge in [-0.15, -0.1) is 0 Å². The molecule has 1 saturated heterocycles. The molecule has 2 nitrogen and oxygen atoms in total. The summed E-state index contributed by atoms with van der Waals surface area (Å²) in [7, 11) is 0. The highest BCUT2D eigenvalue weighted by Gasteiger charge is 2.53. The molecular formula is C12H13FO2. The first-order valence-corrected chi connectivity index (χ1v) is 5.31. The van der Waals surface area contributed by atoms with Gasteiger partial charge in [-0.3, -0.25) is 0 Å². The first kappa shape index (κ1) is 9.16. The fraction of sp³-hybridized carbons (Fsp3) is 0.500. The van der Waals surface area contributed by atoms with E-state index >= 15 is 0 Å². The second kappa shape index (κ2) is 3.20. The van der Waals surface area contributed by atoms with Gasteiger partial charge in [0.1, 0.15) is 11.6 Å². The average Bonchev–Trinajstić information content (AvgIpc) is 2.98. The molecule has 0 unspecified atom stereocenters. The molecule has 0 spiro atoms. The molecule has 1 heterocycles. The third-order valence-corrected chi connectivity index (χ3v) is 3.15. The maximum Gasteiger partial charge on any atom is 0.158 e. The Hall–Kier alpha value is -1.09. The van der Waals surface area contributed by atoms with Gasteiger partial charge in [-0.2, -0.15) is 0 Å². The van der Waals surface area contributed by atoms with Crippen LogP contribution in [0.2, 0.25) is 0 Å². The van der Waals surface area contributed by atoms with Crippen LogP contribution in [0.15, 0.2) is 24.3 Å². The molecule has 0 amide bonds. The predicted octanol–water partition coefficient (Wildman–Crippen LogP) is 2.38. The van der Waals surface area contributed by atoms with Gasteiger partial charge in [-0.25, -0.2) is 4.39 Å². The van der Waals surface area contributed by atoms with Gasteiger partial charge in [-0.05, 0) is 37.1 Å². The van der Waals surface area contributed by atoms with E-state index in [1.807, 2.05) is 0 Å². The van der Waals surface area contributed by atoms with Crippen molar-refractivity contribution in [1.29, 1.82) is 0 Å². The lowest BCUT2D eigenvalue weighted by molar-refractivity contribution is -0.173. The monoisotopic (exact) mass is 208 g/mol. The van der Waals surface area contributed by atoms with Crippen LogP contribution in [-0.4, -0.2) is 18.8 Å².